The van der Waals surface area contributed by atoms with Crippen molar-refractivity contribution < 1.29 is 13.2 Å². The summed E-state index contributed by atoms with van der Waals surface area (Å²) in [6.45, 7) is 2.32. The molecule has 0 fully saturated rings. The molecule has 0 radical (unpaired) electrons. The van der Waals surface area contributed by atoms with Gasteiger partial charge < -0.3 is 4.90 Å². The van der Waals surface area contributed by atoms with Crippen molar-refractivity contribution in [2.24, 2.45) is 0 Å². The van der Waals surface area contributed by atoms with Gasteiger partial charge in [0.25, 0.3) is 5.91 Å². The molecule has 0 heterocycles. The van der Waals surface area contributed by atoms with Gasteiger partial charge in [0.1, 0.15) is 4.90 Å². The minimum atomic E-state index is -3.73. The van der Waals surface area contributed by atoms with Gasteiger partial charge in [-0.2, -0.15) is 0 Å². The molecule has 0 aromatic heterocycles. The van der Waals surface area contributed by atoms with E-state index in [1.165, 1.54) is 32.3 Å². The van der Waals surface area contributed by atoms with Crippen LogP contribution in [0.5, 0.6) is 0 Å². The maximum Gasteiger partial charge on any atom is 0.258 e. The summed E-state index contributed by atoms with van der Waals surface area (Å²) in [5.74, 6) is -0.282. The normalized spacial score (nSPS) is 11.5. The first-order chi connectivity index (χ1) is 11.3. The quantitative estimate of drug-likeness (QED) is 0.816. The molecule has 128 valence electrons. The highest BCUT2D eigenvalue weighted by Crippen LogP contribution is 2.26. The summed E-state index contributed by atoms with van der Waals surface area (Å²) in [7, 11) is -0.892. The Kier molecular flexibility index (Phi) is 5.64. The minimum Gasteiger partial charge on any atom is -0.309 e. The third kappa shape index (κ3) is 3.61. The lowest BCUT2D eigenvalue weighted by molar-refractivity contribution is 0.0988. The molecule has 0 aliphatic heterocycles. The van der Waals surface area contributed by atoms with Gasteiger partial charge in [-0.05, 0) is 37.3 Å². The van der Waals surface area contributed by atoms with E-state index in [0.717, 1.165) is 9.99 Å². The number of anilines is 1. The average Bonchev–Trinajstić information content (AvgIpc) is 2.56. The van der Waals surface area contributed by atoms with Crippen LogP contribution in [-0.2, 0) is 10.0 Å². The number of halogens is 1. The van der Waals surface area contributed by atoms with Crippen molar-refractivity contribution >= 4 is 33.2 Å². The van der Waals surface area contributed by atoms with Crippen LogP contribution in [0, 0.1) is 0 Å². The zero-order chi connectivity index (χ0) is 17.9. The first-order valence-corrected chi connectivity index (χ1v) is 9.19. The molecule has 0 saturated heterocycles. The number of sulfonamides is 1. The van der Waals surface area contributed by atoms with E-state index in [9.17, 15) is 13.2 Å². The van der Waals surface area contributed by atoms with Gasteiger partial charge in [0.2, 0.25) is 10.0 Å². The summed E-state index contributed by atoms with van der Waals surface area (Å²) in [5, 5.41) is 0.0861. The fourth-order valence-electron chi connectivity index (χ4n) is 2.24. The fraction of sp³-hybridized carbons (Fsp3) is 0.235. The fourth-order valence-corrected chi connectivity index (χ4v) is 3.63. The first kappa shape index (κ1) is 18.4. The molecule has 24 heavy (non-hydrogen) atoms. The van der Waals surface area contributed by atoms with Crippen molar-refractivity contribution in [2.75, 3.05) is 25.5 Å². The lowest BCUT2D eigenvalue weighted by Gasteiger charge is -2.22. The summed E-state index contributed by atoms with van der Waals surface area (Å²) < 4.78 is 25.8. The molecule has 0 atom stereocenters. The number of amides is 1. The largest absolute Gasteiger partial charge is 0.309 e. The van der Waals surface area contributed by atoms with Gasteiger partial charge in [-0.15, -0.1) is 0 Å². The summed E-state index contributed by atoms with van der Waals surface area (Å²) in [4.78, 5) is 14.3. The minimum absolute atomic E-state index is 0.0795. The molecule has 0 N–H and O–H groups in total. The highest BCUT2D eigenvalue weighted by atomic mass is 35.5. The Morgan fingerprint density at radius 1 is 1.08 bits per heavy atom. The topological polar surface area (TPSA) is 57.7 Å². The Bertz CT molecular complexity index is 836. The summed E-state index contributed by atoms with van der Waals surface area (Å²) in [5.41, 5.74) is 1.02. The highest BCUT2D eigenvalue weighted by Gasteiger charge is 2.24. The number of benzene rings is 2. The summed E-state index contributed by atoms with van der Waals surface area (Å²) >= 11 is 6.03. The zero-order valence-electron chi connectivity index (χ0n) is 13.7. The number of nitrogens with zero attached hydrogens (tertiary/aromatic N) is 2. The second kappa shape index (κ2) is 7.34. The molecule has 0 aliphatic rings. The van der Waals surface area contributed by atoms with E-state index in [-0.39, 0.29) is 21.4 Å². The second-order valence-electron chi connectivity index (χ2n) is 5.32. The van der Waals surface area contributed by atoms with Crippen LogP contribution in [0.25, 0.3) is 0 Å². The molecular formula is C17H19ClN2O3S. The van der Waals surface area contributed by atoms with Crippen molar-refractivity contribution in [3.8, 4) is 0 Å². The van der Waals surface area contributed by atoms with E-state index in [1.54, 1.807) is 4.90 Å². The van der Waals surface area contributed by atoms with Gasteiger partial charge in [0, 0.05) is 31.9 Å². The van der Waals surface area contributed by atoms with Crippen LogP contribution in [0.2, 0.25) is 5.02 Å². The predicted octanol–water partition coefficient (Wildman–Crippen LogP) is 3.26. The Balaban J connectivity index is 2.48. The number of rotatable bonds is 5. The van der Waals surface area contributed by atoms with Crippen LogP contribution in [0.4, 0.5) is 5.69 Å². The zero-order valence-corrected chi connectivity index (χ0v) is 15.3. The SMILES string of the molecule is CCN(C(=O)c1ccc(Cl)c(S(=O)(=O)N(C)C)c1)c1ccccc1. The number of carbonyl (C=O) groups is 1. The van der Waals surface area contributed by atoms with Crippen molar-refractivity contribution in [3.63, 3.8) is 0 Å². The Labute approximate surface area is 147 Å². The third-order valence-corrected chi connectivity index (χ3v) is 5.86. The van der Waals surface area contributed by atoms with Gasteiger partial charge in [-0.1, -0.05) is 29.8 Å². The van der Waals surface area contributed by atoms with Crippen LogP contribution in [0.3, 0.4) is 0 Å². The van der Waals surface area contributed by atoms with Gasteiger partial charge in [-0.25, -0.2) is 12.7 Å². The van der Waals surface area contributed by atoms with Crippen LogP contribution in [0.1, 0.15) is 17.3 Å². The van der Waals surface area contributed by atoms with Gasteiger partial charge in [0.15, 0.2) is 0 Å². The Morgan fingerprint density at radius 2 is 1.71 bits per heavy atom. The lowest BCUT2D eigenvalue weighted by Crippen LogP contribution is -2.31. The molecule has 1 amide bonds. The van der Waals surface area contributed by atoms with Crippen LogP contribution in [-0.4, -0.2) is 39.3 Å². The lowest BCUT2D eigenvalue weighted by atomic mass is 10.2. The van der Waals surface area contributed by atoms with Crippen LogP contribution >= 0.6 is 11.6 Å². The molecule has 7 heteroatoms. The summed E-state index contributed by atoms with van der Waals surface area (Å²) in [6.07, 6.45) is 0. The molecule has 0 saturated carbocycles. The Morgan fingerprint density at radius 3 is 2.25 bits per heavy atom. The number of carbonyl (C=O) groups excluding carboxylic acids is 1. The van der Waals surface area contributed by atoms with E-state index in [2.05, 4.69) is 0 Å². The van der Waals surface area contributed by atoms with Crippen molar-refractivity contribution in [2.45, 2.75) is 11.8 Å². The van der Waals surface area contributed by atoms with Crippen molar-refractivity contribution in [1.29, 1.82) is 0 Å². The van der Waals surface area contributed by atoms with E-state index in [1.807, 2.05) is 37.3 Å². The predicted molar refractivity (Wildman–Crippen MR) is 96.1 cm³/mol. The van der Waals surface area contributed by atoms with Crippen molar-refractivity contribution in [1.82, 2.24) is 4.31 Å². The summed E-state index contributed by atoms with van der Waals surface area (Å²) in [6, 6.07) is 13.5. The molecule has 2 aromatic rings. The maximum atomic E-state index is 12.8. The van der Waals surface area contributed by atoms with Crippen LogP contribution < -0.4 is 4.90 Å². The molecule has 0 spiro atoms. The van der Waals surface area contributed by atoms with E-state index in [0.29, 0.717) is 6.54 Å². The van der Waals surface area contributed by atoms with Gasteiger partial charge in [-0.3, -0.25) is 4.79 Å². The van der Waals surface area contributed by atoms with E-state index < -0.39 is 10.0 Å². The number of para-hydroxylation sites is 1. The smallest absolute Gasteiger partial charge is 0.258 e. The van der Waals surface area contributed by atoms with E-state index >= 15 is 0 Å². The highest BCUT2D eigenvalue weighted by molar-refractivity contribution is 7.89. The van der Waals surface area contributed by atoms with Gasteiger partial charge >= 0.3 is 0 Å². The van der Waals surface area contributed by atoms with E-state index in [4.69, 9.17) is 11.6 Å². The maximum absolute atomic E-state index is 12.8. The number of hydrogen-bond donors (Lipinski definition) is 0. The third-order valence-electron chi connectivity index (χ3n) is 3.57. The molecule has 2 aromatic carbocycles. The molecule has 0 aliphatic carbocycles. The molecule has 0 unspecified atom stereocenters. The molecule has 0 bridgehead atoms. The molecular weight excluding hydrogens is 348 g/mol. The number of hydrogen-bond acceptors (Lipinski definition) is 3. The molecule has 5 nitrogen and oxygen atoms in total. The van der Waals surface area contributed by atoms with Gasteiger partial charge in [0.05, 0.1) is 5.02 Å². The average molecular weight is 367 g/mol. The monoisotopic (exact) mass is 366 g/mol. The molecule has 2 rings (SSSR count). The van der Waals surface area contributed by atoms with Crippen LogP contribution in [0.15, 0.2) is 53.4 Å². The standard InChI is InChI=1S/C17H19ClN2O3S/c1-4-20(14-8-6-5-7-9-14)17(21)13-10-11-15(18)16(12-13)24(22,23)19(2)3/h5-12H,4H2,1-3H3. The second-order valence-corrected chi connectivity index (χ2v) is 7.85. The van der Waals surface area contributed by atoms with Crippen molar-refractivity contribution in [3.05, 3.63) is 59.1 Å². The Hall–Kier alpha value is -1.89. The first-order valence-electron chi connectivity index (χ1n) is 7.38.